The third kappa shape index (κ3) is 4.36. The highest BCUT2D eigenvalue weighted by Crippen LogP contribution is 2.03. The van der Waals surface area contributed by atoms with Gasteiger partial charge >= 0.3 is 0 Å². The van der Waals surface area contributed by atoms with Crippen molar-refractivity contribution in [2.24, 2.45) is 11.7 Å². The Morgan fingerprint density at radius 1 is 1.69 bits per heavy atom. The van der Waals surface area contributed by atoms with Gasteiger partial charge in [0.1, 0.15) is 5.01 Å². The first-order chi connectivity index (χ1) is 6.33. The van der Waals surface area contributed by atoms with Crippen LogP contribution in [0.15, 0.2) is 11.6 Å². The third-order valence-electron chi connectivity index (χ3n) is 1.98. The lowest BCUT2D eigenvalue weighted by molar-refractivity contribution is 0.509. The minimum atomic E-state index is 0.615. The zero-order valence-corrected chi connectivity index (χ0v) is 8.81. The van der Waals surface area contributed by atoms with Crippen LogP contribution in [-0.4, -0.2) is 18.1 Å². The summed E-state index contributed by atoms with van der Waals surface area (Å²) < 4.78 is 0. The van der Waals surface area contributed by atoms with Crippen molar-refractivity contribution < 1.29 is 0 Å². The Hall–Kier alpha value is -0.450. The molecule has 1 rings (SSSR count). The molecule has 0 saturated heterocycles. The van der Waals surface area contributed by atoms with Crippen molar-refractivity contribution in [3.05, 3.63) is 16.6 Å². The van der Waals surface area contributed by atoms with Gasteiger partial charge in [-0.2, -0.15) is 0 Å². The Morgan fingerprint density at radius 2 is 2.54 bits per heavy atom. The minimum Gasteiger partial charge on any atom is -0.330 e. The Bertz CT molecular complexity index is 211. The third-order valence-corrected chi connectivity index (χ3v) is 2.76. The second-order valence-corrected chi connectivity index (χ2v) is 4.21. The van der Waals surface area contributed by atoms with Crippen LogP contribution in [0.3, 0.4) is 0 Å². The summed E-state index contributed by atoms with van der Waals surface area (Å²) in [6.45, 7) is 4.86. The van der Waals surface area contributed by atoms with Gasteiger partial charge in [-0.3, -0.25) is 0 Å². The maximum Gasteiger partial charge on any atom is 0.106 e. The summed E-state index contributed by atoms with van der Waals surface area (Å²) in [6.07, 6.45) is 2.98. The van der Waals surface area contributed by atoms with Crippen LogP contribution in [0.2, 0.25) is 0 Å². The Morgan fingerprint density at radius 3 is 3.15 bits per heavy atom. The van der Waals surface area contributed by atoms with Gasteiger partial charge in [0.05, 0.1) is 0 Å². The molecule has 1 unspecified atom stereocenters. The Labute approximate surface area is 83.4 Å². The number of nitrogens with two attached hydrogens (primary N) is 1. The molecule has 0 radical (unpaired) electrons. The fraction of sp³-hybridized carbons (Fsp3) is 0.667. The van der Waals surface area contributed by atoms with E-state index in [9.17, 15) is 0 Å². The second-order valence-electron chi connectivity index (χ2n) is 3.23. The van der Waals surface area contributed by atoms with E-state index >= 15 is 0 Å². The normalized spacial score (nSPS) is 13.1. The first-order valence-electron chi connectivity index (χ1n) is 4.62. The molecular weight excluding hydrogens is 182 g/mol. The molecule has 1 aromatic rings. The van der Waals surface area contributed by atoms with Gasteiger partial charge in [-0.25, -0.2) is 4.98 Å². The highest BCUT2D eigenvalue weighted by molar-refractivity contribution is 7.09. The maximum absolute atomic E-state index is 5.51. The van der Waals surface area contributed by atoms with E-state index in [0.717, 1.165) is 31.1 Å². The predicted molar refractivity (Wildman–Crippen MR) is 56.7 cm³/mol. The maximum atomic E-state index is 5.51. The smallest absolute Gasteiger partial charge is 0.106 e. The van der Waals surface area contributed by atoms with E-state index in [-0.39, 0.29) is 0 Å². The van der Waals surface area contributed by atoms with Gasteiger partial charge in [0.15, 0.2) is 0 Å². The van der Waals surface area contributed by atoms with E-state index < -0.39 is 0 Å². The van der Waals surface area contributed by atoms with Gasteiger partial charge < -0.3 is 11.1 Å². The summed E-state index contributed by atoms with van der Waals surface area (Å²) >= 11 is 1.69. The molecule has 0 fully saturated rings. The number of rotatable bonds is 6. The highest BCUT2D eigenvalue weighted by Gasteiger charge is 1.98. The molecule has 0 saturated carbocycles. The first-order valence-corrected chi connectivity index (χ1v) is 5.50. The molecule has 0 amide bonds. The van der Waals surface area contributed by atoms with Gasteiger partial charge in [-0.05, 0) is 25.4 Å². The topological polar surface area (TPSA) is 50.9 Å². The standard InChI is InChI=1S/C9H17N3S/c1-8(6-10)2-3-11-7-9-12-4-5-13-9/h4-5,8,11H,2-3,6-7,10H2,1H3. The van der Waals surface area contributed by atoms with E-state index in [4.69, 9.17) is 5.73 Å². The van der Waals surface area contributed by atoms with Crippen molar-refractivity contribution in [1.82, 2.24) is 10.3 Å². The Kier molecular flexibility index (Phi) is 4.97. The quantitative estimate of drug-likeness (QED) is 0.677. The molecule has 13 heavy (non-hydrogen) atoms. The molecule has 3 N–H and O–H groups in total. The fourth-order valence-corrected chi connectivity index (χ4v) is 1.59. The lowest BCUT2D eigenvalue weighted by Gasteiger charge is -2.07. The summed E-state index contributed by atoms with van der Waals surface area (Å²) in [5.41, 5.74) is 5.51. The van der Waals surface area contributed by atoms with E-state index in [1.165, 1.54) is 0 Å². The fourth-order valence-electron chi connectivity index (χ4n) is 1.00. The molecular formula is C9H17N3S. The molecule has 4 heteroatoms. The van der Waals surface area contributed by atoms with Crippen molar-refractivity contribution >= 4 is 11.3 Å². The molecule has 1 aromatic heterocycles. The van der Waals surface area contributed by atoms with Gasteiger partial charge in [-0.15, -0.1) is 11.3 Å². The molecule has 0 spiro atoms. The van der Waals surface area contributed by atoms with Crippen LogP contribution in [0.25, 0.3) is 0 Å². The lowest BCUT2D eigenvalue weighted by atomic mass is 10.1. The van der Waals surface area contributed by atoms with Crippen LogP contribution in [0.5, 0.6) is 0 Å². The number of hydrogen-bond donors (Lipinski definition) is 2. The van der Waals surface area contributed by atoms with E-state index in [0.29, 0.717) is 5.92 Å². The summed E-state index contributed by atoms with van der Waals surface area (Å²) in [5, 5.41) is 6.50. The SMILES string of the molecule is CC(CN)CCNCc1nccs1. The average Bonchev–Trinajstić information content (AvgIpc) is 2.64. The van der Waals surface area contributed by atoms with E-state index in [1.807, 2.05) is 11.6 Å². The molecule has 0 aliphatic rings. The number of aromatic nitrogens is 1. The number of nitrogens with zero attached hydrogens (tertiary/aromatic N) is 1. The number of hydrogen-bond acceptors (Lipinski definition) is 4. The number of thiazole rings is 1. The van der Waals surface area contributed by atoms with E-state index in [1.54, 1.807) is 11.3 Å². The van der Waals surface area contributed by atoms with Crippen LogP contribution < -0.4 is 11.1 Å². The Balaban J connectivity index is 2.02. The second kappa shape index (κ2) is 6.07. The molecule has 0 aromatic carbocycles. The summed E-state index contributed by atoms with van der Waals surface area (Å²) in [7, 11) is 0. The van der Waals surface area contributed by atoms with Crippen LogP contribution >= 0.6 is 11.3 Å². The van der Waals surface area contributed by atoms with Crippen LogP contribution in [-0.2, 0) is 6.54 Å². The number of nitrogens with one attached hydrogen (secondary N) is 1. The van der Waals surface area contributed by atoms with Crippen LogP contribution in [0.4, 0.5) is 0 Å². The minimum absolute atomic E-state index is 0.615. The molecule has 0 aliphatic heterocycles. The summed E-state index contributed by atoms with van der Waals surface area (Å²) in [6, 6.07) is 0. The molecule has 1 heterocycles. The van der Waals surface area contributed by atoms with Gasteiger partial charge in [0.2, 0.25) is 0 Å². The molecule has 0 aliphatic carbocycles. The van der Waals surface area contributed by atoms with Crippen LogP contribution in [0, 0.1) is 5.92 Å². The average molecular weight is 199 g/mol. The van der Waals surface area contributed by atoms with Crippen molar-refractivity contribution in [2.45, 2.75) is 19.9 Å². The molecule has 3 nitrogen and oxygen atoms in total. The first kappa shape index (κ1) is 10.6. The van der Waals surface area contributed by atoms with Crippen molar-refractivity contribution in [3.63, 3.8) is 0 Å². The van der Waals surface area contributed by atoms with Crippen molar-refractivity contribution in [2.75, 3.05) is 13.1 Å². The largest absolute Gasteiger partial charge is 0.330 e. The van der Waals surface area contributed by atoms with Gasteiger partial charge in [0.25, 0.3) is 0 Å². The molecule has 0 bridgehead atoms. The molecule has 1 atom stereocenters. The summed E-state index contributed by atoms with van der Waals surface area (Å²) in [5.74, 6) is 0.615. The van der Waals surface area contributed by atoms with Gasteiger partial charge in [0, 0.05) is 18.1 Å². The molecule has 74 valence electrons. The van der Waals surface area contributed by atoms with E-state index in [2.05, 4.69) is 17.2 Å². The van der Waals surface area contributed by atoms with Gasteiger partial charge in [-0.1, -0.05) is 6.92 Å². The monoisotopic (exact) mass is 199 g/mol. The van der Waals surface area contributed by atoms with Crippen molar-refractivity contribution in [3.8, 4) is 0 Å². The van der Waals surface area contributed by atoms with Crippen LogP contribution in [0.1, 0.15) is 18.4 Å². The van der Waals surface area contributed by atoms with Crippen molar-refractivity contribution in [1.29, 1.82) is 0 Å². The zero-order chi connectivity index (χ0) is 9.52. The summed E-state index contributed by atoms with van der Waals surface area (Å²) in [4.78, 5) is 4.18. The zero-order valence-electron chi connectivity index (χ0n) is 7.99. The predicted octanol–water partition coefficient (Wildman–Crippen LogP) is 1.22. The highest BCUT2D eigenvalue weighted by atomic mass is 32.1. The lowest BCUT2D eigenvalue weighted by Crippen LogP contribution is -2.20.